The first-order valence-corrected chi connectivity index (χ1v) is 4.67. The van der Waals surface area contributed by atoms with Crippen LogP contribution in [0.2, 0.25) is 5.02 Å². The molecule has 1 aromatic rings. The zero-order chi connectivity index (χ0) is 13.5. The minimum atomic E-state index is -4.41. The van der Waals surface area contributed by atoms with Crippen molar-refractivity contribution in [1.82, 2.24) is 4.98 Å². The van der Waals surface area contributed by atoms with Gasteiger partial charge < -0.3 is 15.9 Å². The van der Waals surface area contributed by atoms with E-state index in [2.05, 4.69) is 21.4 Å². The van der Waals surface area contributed by atoms with Crippen LogP contribution in [-0.2, 0) is 6.54 Å². The summed E-state index contributed by atoms with van der Waals surface area (Å²) in [5.41, 5.74) is 5.92. The molecule has 0 aromatic carbocycles. The molecule has 0 aliphatic rings. The van der Waals surface area contributed by atoms with Crippen LogP contribution in [0.4, 0.5) is 13.2 Å². The van der Waals surface area contributed by atoms with Crippen molar-refractivity contribution in [3.63, 3.8) is 0 Å². The second-order valence-electron chi connectivity index (χ2n) is 2.74. The highest BCUT2D eigenvalue weighted by molar-refractivity contribution is 6.31. The number of halogens is 4. The molecule has 0 amide bonds. The second kappa shape index (κ2) is 8.89. The number of pyridine rings is 1. The largest absolute Gasteiger partial charge is 0.467 e. The fraction of sp³-hybridized carbons (Fsp3) is 0.375. The number of nitrogens with two attached hydrogens (primary N) is 3. The molecule has 6 nitrogen and oxygen atoms in total. The fourth-order valence-corrected chi connectivity index (χ4v) is 1.08. The topological polar surface area (TPSA) is 132 Å². The molecule has 0 atom stereocenters. The van der Waals surface area contributed by atoms with Gasteiger partial charge in [0.15, 0.2) is 6.61 Å². The number of nitrogens with zero attached hydrogens (tertiary/aromatic N) is 1. The Bertz CT molecular complexity index is 352. The molecule has 106 valence electrons. The Morgan fingerprint density at radius 2 is 1.89 bits per heavy atom. The third-order valence-corrected chi connectivity index (χ3v) is 1.74. The molecule has 18 heavy (non-hydrogen) atoms. The number of hydrogen-bond acceptors (Lipinski definition) is 5. The molecule has 0 spiro atoms. The zero-order valence-corrected chi connectivity index (χ0v) is 9.92. The lowest BCUT2D eigenvalue weighted by molar-refractivity contribution is -0.154. The molecule has 0 saturated heterocycles. The van der Waals surface area contributed by atoms with Gasteiger partial charge in [0.2, 0.25) is 5.88 Å². The molecular formula is C8H14ClF3N4O2. The molecule has 0 aliphatic heterocycles. The molecule has 0 radical (unpaired) electrons. The molecule has 0 fully saturated rings. The van der Waals surface area contributed by atoms with E-state index in [-0.39, 0.29) is 22.9 Å². The molecule has 0 bridgehead atoms. The van der Waals surface area contributed by atoms with E-state index in [1.807, 2.05) is 0 Å². The van der Waals surface area contributed by atoms with E-state index in [9.17, 15) is 13.2 Å². The zero-order valence-electron chi connectivity index (χ0n) is 9.17. The summed E-state index contributed by atoms with van der Waals surface area (Å²) in [6.07, 6.45) is -3.09. The lowest BCUT2D eigenvalue weighted by Gasteiger charge is -2.09. The Balaban J connectivity index is 0. The summed E-state index contributed by atoms with van der Waals surface area (Å²) in [5.74, 6) is 7.76. The van der Waals surface area contributed by atoms with E-state index in [1.165, 1.54) is 12.3 Å². The maximum absolute atomic E-state index is 11.8. The Morgan fingerprint density at radius 3 is 2.28 bits per heavy atom. The summed E-state index contributed by atoms with van der Waals surface area (Å²) in [5, 5.41) is 0.0159. The van der Waals surface area contributed by atoms with Gasteiger partial charge in [-0.3, -0.25) is 11.7 Å². The van der Waals surface area contributed by atoms with Crippen LogP contribution >= 0.6 is 11.6 Å². The van der Waals surface area contributed by atoms with E-state index in [4.69, 9.17) is 17.3 Å². The number of aromatic nitrogens is 1. The third-order valence-electron chi connectivity index (χ3n) is 1.47. The van der Waals surface area contributed by atoms with E-state index >= 15 is 0 Å². The van der Waals surface area contributed by atoms with Crippen LogP contribution in [0.3, 0.4) is 0 Å². The lowest BCUT2D eigenvalue weighted by Crippen LogP contribution is -2.19. The fourth-order valence-electron chi connectivity index (χ4n) is 0.833. The third kappa shape index (κ3) is 7.25. The number of ether oxygens (including phenoxy) is 1. The van der Waals surface area contributed by atoms with Gasteiger partial charge in [-0.05, 0) is 11.6 Å². The van der Waals surface area contributed by atoms with Gasteiger partial charge in [-0.15, -0.1) is 0 Å². The number of alkyl halides is 3. The van der Waals surface area contributed by atoms with E-state index in [1.54, 1.807) is 0 Å². The average Bonchev–Trinajstić information content (AvgIpc) is 2.29. The highest BCUT2D eigenvalue weighted by Crippen LogP contribution is 2.24. The number of hydrazine groups is 1. The summed E-state index contributed by atoms with van der Waals surface area (Å²) >= 11 is 5.63. The minimum Gasteiger partial charge on any atom is -0.467 e. The summed E-state index contributed by atoms with van der Waals surface area (Å²) in [7, 11) is 0. The molecule has 1 heterocycles. The van der Waals surface area contributed by atoms with Crippen molar-refractivity contribution in [2.75, 3.05) is 6.61 Å². The van der Waals surface area contributed by atoms with Gasteiger partial charge in [0, 0.05) is 12.7 Å². The SMILES string of the molecule is NCc1cnc(OCC(F)(F)F)c(Cl)c1.NN.O. The van der Waals surface area contributed by atoms with Crippen LogP contribution in [0, 0.1) is 0 Å². The molecule has 0 aliphatic carbocycles. The van der Waals surface area contributed by atoms with Crippen LogP contribution < -0.4 is 22.2 Å². The predicted molar refractivity (Wildman–Crippen MR) is 60.7 cm³/mol. The monoisotopic (exact) mass is 290 g/mol. The van der Waals surface area contributed by atoms with Gasteiger partial charge >= 0.3 is 6.18 Å². The summed E-state index contributed by atoms with van der Waals surface area (Å²) < 4.78 is 39.8. The first kappa shape index (κ1) is 19.2. The predicted octanol–water partition coefficient (Wildman–Crippen LogP) is 0.129. The maximum atomic E-state index is 11.8. The van der Waals surface area contributed by atoms with Gasteiger partial charge in [0.05, 0.1) is 0 Å². The molecule has 1 aromatic heterocycles. The van der Waals surface area contributed by atoms with Gasteiger partial charge in [0.25, 0.3) is 0 Å². The van der Waals surface area contributed by atoms with Gasteiger partial charge in [-0.1, -0.05) is 11.6 Å². The average molecular weight is 291 g/mol. The second-order valence-corrected chi connectivity index (χ2v) is 3.15. The molecule has 1 rings (SSSR count). The van der Waals surface area contributed by atoms with Crippen LogP contribution in [0.25, 0.3) is 0 Å². The molecule has 8 N–H and O–H groups in total. The van der Waals surface area contributed by atoms with Gasteiger partial charge in [0.1, 0.15) is 5.02 Å². The Labute approximate surface area is 106 Å². The molecule has 10 heteroatoms. The summed E-state index contributed by atoms with van der Waals surface area (Å²) in [6.45, 7) is -1.20. The van der Waals surface area contributed by atoms with Crippen LogP contribution in [0.15, 0.2) is 12.3 Å². The van der Waals surface area contributed by atoms with E-state index in [0.29, 0.717) is 5.56 Å². The first-order chi connectivity index (χ1) is 7.92. The molecule has 0 unspecified atom stereocenters. The van der Waals surface area contributed by atoms with Crippen molar-refractivity contribution >= 4 is 11.6 Å². The van der Waals surface area contributed by atoms with Gasteiger partial charge in [-0.25, -0.2) is 4.98 Å². The maximum Gasteiger partial charge on any atom is 0.422 e. The van der Waals surface area contributed by atoms with Crippen molar-refractivity contribution in [2.24, 2.45) is 17.4 Å². The Kier molecular flexibility index (Phi) is 9.49. The van der Waals surface area contributed by atoms with Crippen molar-refractivity contribution in [2.45, 2.75) is 12.7 Å². The quantitative estimate of drug-likeness (QED) is 0.537. The van der Waals surface area contributed by atoms with E-state index in [0.717, 1.165) is 0 Å². The van der Waals surface area contributed by atoms with Crippen molar-refractivity contribution < 1.29 is 23.4 Å². The Morgan fingerprint density at radius 1 is 1.33 bits per heavy atom. The first-order valence-electron chi connectivity index (χ1n) is 4.30. The van der Waals surface area contributed by atoms with E-state index < -0.39 is 12.8 Å². The minimum absolute atomic E-state index is 0. The van der Waals surface area contributed by atoms with Crippen LogP contribution in [0.5, 0.6) is 5.88 Å². The number of hydrogen-bond donors (Lipinski definition) is 3. The van der Waals surface area contributed by atoms with Crippen LogP contribution in [-0.4, -0.2) is 23.2 Å². The normalized spacial score (nSPS) is 9.94. The standard InChI is InChI=1S/C8H8ClF3N2O.H4N2.H2O/c9-6-1-5(2-13)3-14-7(6)15-4-8(10,11)12;1-2;/h1,3H,2,4,13H2;1-2H2;1H2. The highest BCUT2D eigenvalue weighted by Gasteiger charge is 2.29. The van der Waals surface area contributed by atoms with Crippen molar-refractivity contribution in [3.8, 4) is 5.88 Å². The summed E-state index contributed by atoms with van der Waals surface area (Å²) in [6, 6.07) is 1.42. The Hall–Kier alpha value is -1.13. The molecule has 0 saturated carbocycles. The molecular weight excluding hydrogens is 277 g/mol. The lowest BCUT2D eigenvalue weighted by atomic mass is 10.3. The van der Waals surface area contributed by atoms with Gasteiger partial charge in [-0.2, -0.15) is 13.2 Å². The van der Waals surface area contributed by atoms with Crippen LogP contribution in [0.1, 0.15) is 5.56 Å². The van der Waals surface area contributed by atoms with Crippen molar-refractivity contribution in [3.05, 3.63) is 22.8 Å². The highest BCUT2D eigenvalue weighted by atomic mass is 35.5. The number of rotatable bonds is 3. The van der Waals surface area contributed by atoms with Crippen molar-refractivity contribution in [1.29, 1.82) is 0 Å². The smallest absolute Gasteiger partial charge is 0.422 e. The summed E-state index contributed by atoms with van der Waals surface area (Å²) in [4.78, 5) is 3.62.